The monoisotopic (exact) mass is 327 g/mol. The lowest BCUT2D eigenvalue weighted by Crippen LogP contribution is -2.12. The van der Waals surface area contributed by atoms with Crippen molar-refractivity contribution >= 4 is 39.3 Å². The highest BCUT2D eigenvalue weighted by atomic mass is 79.9. The lowest BCUT2D eigenvalue weighted by atomic mass is 10.2. The van der Waals surface area contributed by atoms with Crippen LogP contribution in [0.15, 0.2) is 16.1 Å². The van der Waals surface area contributed by atoms with Crippen molar-refractivity contribution in [2.24, 2.45) is 0 Å². The van der Waals surface area contributed by atoms with Gasteiger partial charge in [-0.25, -0.2) is 4.79 Å². The van der Waals surface area contributed by atoms with Crippen molar-refractivity contribution in [3.05, 3.63) is 25.9 Å². The van der Waals surface area contributed by atoms with Gasteiger partial charge in [-0.2, -0.15) is 5.26 Å². The predicted octanol–water partition coefficient (Wildman–Crippen LogP) is 3.93. The molecular formula is C13H14BrNO2S. The van der Waals surface area contributed by atoms with Crippen LogP contribution >= 0.6 is 27.3 Å². The molecule has 1 aromatic rings. The van der Waals surface area contributed by atoms with E-state index in [2.05, 4.69) is 22.9 Å². The van der Waals surface area contributed by atoms with Crippen molar-refractivity contribution < 1.29 is 9.53 Å². The smallest absolute Gasteiger partial charge is 0.349 e. The quantitative estimate of drug-likeness (QED) is 0.478. The van der Waals surface area contributed by atoms with Gasteiger partial charge in [0.1, 0.15) is 11.6 Å². The maximum Gasteiger partial charge on any atom is 0.349 e. The van der Waals surface area contributed by atoms with Gasteiger partial charge < -0.3 is 4.74 Å². The number of nitrogens with zero attached hydrogens (tertiary/aromatic N) is 1. The van der Waals surface area contributed by atoms with Gasteiger partial charge in [0.15, 0.2) is 0 Å². The standard InChI is InChI=1S/C13H14BrNO2S/c1-4-12-11(14)6-10(18-12)5-9(7-15)13(16)17-8(2)3/h5-6,8H,4H2,1-3H3/b9-5-. The molecule has 0 aliphatic rings. The zero-order valence-electron chi connectivity index (χ0n) is 10.5. The summed E-state index contributed by atoms with van der Waals surface area (Å²) >= 11 is 5.01. The van der Waals surface area contributed by atoms with Crippen LogP contribution in [0.2, 0.25) is 0 Å². The van der Waals surface area contributed by atoms with E-state index in [4.69, 9.17) is 10.00 Å². The highest BCUT2D eigenvalue weighted by Gasteiger charge is 2.13. The number of hydrogen-bond donors (Lipinski definition) is 0. The lowest BCUT2D eigenvalue weighted by Gasteiger charge is -2.05. The molecule has 1 aromatic heterocycles. The Kier molecular flexibility index (Phi) is 5.57. The molecule has 0 atom stereocenters. The molecule has 0 fully saturated rings. The van der Waals surface area contributed by atoms with Crippen LogP contribution in [-0.2, 0) is 16.0 Å². The van der Waals surface area contributed by atoms with E-state index >= 15 is 0 Å². The molecule has 1 heterocycles. The molecule has 0 N–H and O–H groups in total. The third-order valence-electron chi connectivity index (χ3n) is 2.07. The summed E-state index contributed by atoms with van der Waals surface area (Å²) in [6, 6.07) is 3.79. The van der Waals surface area contributed by atoms with Gasteiger partial charge in [0.25, 0.3) is 0 Å². The summed E-state index contributed by atoms with van der Waals surface area (Å²) in [5, 5.41) is 8.98. The van der Waals surface area contributed by atoms with Crippen LogP contribution in [0.1, 0.15) is 30.5 Å². The number of hydrogen-bond acceptors (Lipinski definition) is 4. The number of thiophene rings is 1. The molecular weight excluding hydrogens is 314 g/mol. The van der Waals surface area contributed by atoms with Crippen molar-refractivity contribution in [3.8, 4) is 6.07 Å². The lowest BCUT2D eigenvalue weighted by molar-refractivity contribution is -0.142. The summed E-state index contributed by atoms with van der Waals surface area (Å²) in [4.78, 5) is 13.7. The van der Waals surface area contributed by atoms with Gasteiger partial charge in [-0.3, -0.25) is 0 Å². The first-order chi connectivity index (χ1) is 8.47. The van der Waals surface area contributed by atoms with Crippen molar-refractivity contribution in [3.63, 3.8) is 0 Å². The molecule has 0 saturated heterocycles. The Balaban J connectivity index is 2.97. The average Bonchev–Trinajstić information content (AvgIpc) is 2.65. The minimum absolute atomic E-state index is 0.0279. The third-order valence-corrected chi connectivity index (χ3v) is 4.26. The van der Waals surface area contributed by atoms with Gasteiger partial charge in [-0.15, -0.1) is 11.3 Å². The van der Waals surface area contributed by atoms with Crippen LogP contribution in [0.4, 0.5) is 0 Å². The van der Waals surface area contributed by atoms with Crippen LogP contribution in [0.5, 0.6) is 0 Å². The van der Waals surface area contributed by atoms with Crippen molar-refractivity contribution in [2.75, 3.05) is 0 Å². The van der Waals surface area contributed by atoms with E-state index in [9.17, 15) is 4.79 Å². The molecule has 0 amide bonds. The highest BCUT2D eigenvalue weighted by molar-refractivity contribution is 9.10. The second-order valence-corrected chi connectivity index (χ2v) is 5.92. The number of aryl methyl sites for hydroxylation is 1. The first-order valence-corrected chi connectivity index (χ1v) is 7.19. The Morgan fingerprint density at radius 2 is 2.33 bits per heavy atom. The number of carbonyl (C=O) groups is 1. The van der Waals surface area contributed by atoms with E-state index < -0.39 is 5.97 Å². The van der Waals surface area contributed by atoms with Gasteiger partial charge in [-0.1, -0.05) is 6.92 Å². The van der Waals surface area contributed by atoms with E-state index in [1.807, 2.05) is 12.1 Å². The summed E-state index contributed by atoms with van der Waals surface area (Å²) in [6.07, 6.45) is 2.26. The predicted molar refractivity (Wildman–Crippen MR) is 76.2 cm³/mol. The topological polar surface area (TPSA) is 50.1 Å². The van der Waals surface area contributed by atoms with E-state index in [1.54, 1.807) is 31.3 Å². The molecule has 0 spiro atoms. The van der Waals surface area contributed by atoms with E-state index in [0.717, 1.165) is 15.8 Å². The van der Waals surface area contributed by atoms with E-state index in [-0.39, 0.29) is 11.7 Å². The Morgan fingerprint density at radius 1 is 1.67 bits per heavy atom. The fourth-order valence-electron chi connectivity index (χ4n) is 1.29. The van der Waals surface area contributed by atoms with E-state index in [0.29, 0.717) is 0 Å². The molecule has 0 radical (unpaired) electrons. The van der Waals surface area contributed by atoms with Crippen LogP contribution in [-0.4, -0.2) is 12.1 Å². The van der Waals surface area contributed by atoms with Crippen LogP contribution in [0.25, 0.3) is 6.08 Å². The Morgan fingerprint density at radius 3 is 2.78 bits per heavy atom. The Labute approximate surface area is 119 Å². The Bertz CT molecular complexity index is 512. The van der Waals surface area contributed by atoms with Crippen LogP contribution in [0, 0.1) is 11.3 Å². The molecule has 0 saturated carbocycles. The summed E-state index contributed by atoms with van der Waals surface area (Å²) in [6.45, 7) is 5.57. The van der Waals surface area contributed by atoms with Gasteiger partial charge in [0.05, 0.1) is 6.10 Å². The Hall–Kier alpha value is -1.12. The number of nitriles is 1. The third kappa shape index (κ3) is 3.97. The normalized spacial score (nSPS) is 11.4. The fraction of sp³-hybridized carbons (Fsp3) is 0.385. The SMILES string of the molecule is CCc1sc(/C=C(/C#N)C(=O)OC(C)C)cc1Br. The molecule has 0 aliphatic heterocycles. The highest BCUT2D eigenvalue weighted by Crippen LogP contribution is 2.29. The summed E-state index contributed by atoms with van der Waals surface area (Å²) < 4.78 is 6.01. The summed E-state index contributed by atoms with van der Waals surface area (Å²) in [5.41, 5.74) is 0.0279. The largest absolute Gasteiger partial charge is 0.459 e. The molecule has 0 bridgehead atoms. The van der Waals surface area contributed by atoms with Crippen molar-refractivity contribution in [1.29, 1.82) is 5.26 Å². The minimum atomic E-state index is -0.574. The van der Waals surface area contributed by atoms with Crippen LogP contribution in [0.3, 0.4) is 0 Å². The van der Waals surface area contributed by atoms with Crippen LogP contribution < -0.4 is 0 Å². The maximum absolute atomic E-state index is 11.6. The maximum atomic E-state index is 11.6. The van der Waals surface area contributed by atoms with Gasteiger partial charge in [0, 0.05) is 14.2 Å². The molecule has 1 rings (SSSR count). The first kappa shape index (κ1) is 14.9. The summed E-state index contributed by atoms with van der Waals surface area (Å²) in [7, 11) is 0. The molecule has 5 heteroatoms. The van der Waals surface area contributed by atoms with Crippen molar-refractivity contribution in [2.45, 2.75) is 33.3 Å². The molecule has 18 heavy (non-hydrogen) atoms. The number of esters is 1. The zero-order valence-corrected chi connectivity index (χ0v) is 12.9. The van der Waals surface area contributed by atoms with Gasteiger partial charge in [-0.05, 0) is 48.3 Å². The zero-order chi connectivity index (χ0) is 13.7. The molecule has 0 aliphatic carbocycles. The number of rotatable bonds is 4. The molecule has 0 aromatic carbocycles. The molecule has 96 valence electrons. The fourth-order valence-corrected chi connectivity index (χ4v) is 3.15. The van der Waals surface area contributed by atoms with Gasteiger partial charge >= 0.3 is 5.97 Å². The molecule has 3 nitrogen and oxygen atoms in total. The number of halogens is 1. The minimum Gasteiger partial charge on any atom is -0.459 e. The second-order valence-electron chi connectivity index (χ2n) is 3.90. The average molecular weight is 328 g/mol. The van der Waals surface area contributed by atoms with E-state index in [1.165, 1.54) is 4.88 Å². The first-order valence-electron chi connectivity index (χ1n) is 5.58. The number of carbonyl (C=O) groups excluding carboxylic acids is 1. The van der Waals surface area contributed by atoms with Gasteiger partial charge in [0.2, 0.25) is 0 Å². The summed E-state index contributed by atoms with van der Waals surface area (Å²) in [5.74, 6) is -0.574. The van der Waals surface area contributed by atoms with Crippen molar-refractivity contribution in [1.82, 2.24) is 0 Å². The molecule has 0 unspecified atom stereocenters. The second kappa shape index (κ2) is 6.72. The number of ether oxygens (including phenoxy) is 1.